The van der Waals surface area contributed by atoms with Gasteiger partial charge < -0.3 is 4.90 Å². The van der Waals surface area contributed by atoms with Crippen LogP contribution in [-0.2, 0) is 13.0 Å². The minimum Gasteiger partial charge on any atom is -0.306 e. The van der Waals surface area contributed by atoms with Crippen molar-refractivity contribution in [3.8, 4) is 0 Å². The molecule has 0 aromatic heterocycles. The first-order chi connectivity index (χ1) is 13.8. The second-order valence-corrected chi connectivity index (χ2v) is 9.37. The Morgan fingerprint density at radius 1 is 1.17 bits per heavy atom. The zero-order valence-electron chi connectivity index (χ0n) is 16.9. The molecule has 0 atom stereocenters. The number of carbonyl (C=O) groups excluding carboxylic acids is 1. The molecule has 0 saturated carbocycles. The zero-order chi connectivity index (χ0) is 20.9. The molecule has 0 radical (unpaired) electrons. The normalized spacial score (nSPS) is 15.6. The number of ketones is 1. The average Bonchev–Trinajstić information content (AvgIpc) is 2.69. The largest absolute Gasteiger partial charge is 0.306 e. The first-order valence-electron chi connectivity index (χ1n) is 9.73. The summed E-state index contributed by atoms with van der Waals surface area (Å²) < 4.78 is 24.6. The predicted molar refractivity (Wildman–Crippen MR) is 128 cm³/mol. The fraction of sp³-hybridized carbons (Fsp3) is 0.381. The van der Waals surface area contributed by atoms with Gasteiger partial charge in [-0.3, -0.25) is 18.6 Å². The van der Waals surface area contributed by atoms with Crippen molar-refractivity contribution in [3.05, 3.63) is 64.2 Å². The van der Waals surface area contributed by atoms with Crippen molar-refractivity contribution in [1.82, 2.24) is 9.62 Å². The van der Waals surface area contributed by atoms with Gasteiger partial charge in [-0.15, -0.1) is 12.4 Å². The van der Waals surface area contributed by atoms with Gasteiger partial charge in [0.05, 0.1) is 5.69 Å². The van der Waals surface area contributed by atoms with Crippen molar-refractivity contribution in [1.29, 1.82) is 0 Å². The molecule has 9 heteroatoms. The van der Waals surface area contributed by atoms with Crippen molar-refractivity contribution >= 4 is 46.4 Å². The minimum atomic E-state index is -2.98. The number of hydrogen-bond acceptors (Lipinski definition) is 6. The van der Waals surface area contributed by atoms with Crippen molar-refractivity contribution in [2.75, 3.05) is 24.9 Å². The third-order valence-corrected chi connectivity index (χ3v) is 6.48. The van der Waals surface area contributed by atoms with Crippen LogP contribution in [0.25, 0.3) is 0 Å². The fourth-order valence-corrected chi connectivity index (χ4v) is 4.48. The van der Waals surface area contributed by atoms with E-state index in [1.54, 1.807) is 12.1 Å². The molecular formula is C21H29Cl2N3O3S. The molecule has 1 aliphatic heterocycles. The summed E-state index contributed by atoms with van der Waals surface area (Å²) in [5.41, 5.74) is 3.34. The number of nitrogens with zero attached hydrogens (tertiary/aromatic N) is 1. The van der Waals surface area contributed by atoms with E-state index in [-0.39, 0.29) is 18.2 Å². The van der Waals surface area contributed by atoms with Crippen LogP contribution in [0.15, 0.2) is 42.5 Å². The van der Waals surface area contributed by atoms with Crippen LogP contribution in [0.3, 0.4) is 0 Å². The molecule has 0 fully saturated rings. The highest BCUT2D eigenvalue weighted by atomic mass is 35.5. The van der Waals surface area contributed by atoms with Gasteiger partial charge in [0.2, 0.25) is 0 Å². The molecule has 4 N–H and O–H groups in total. The summed E-state index contributed by atoms with van der Waals surface area (Å²) in [6.07, 6.45) is 3.22. The topological polar surface area (TPSA) is 84.8 Å². The molecule has 1 aliphatic rings. The van der Waals surface area contributed by atoms with Crippen LogP contribution in [0, 0.1) is 0 Å². The van der Waals surface area contributed by atoms with Gasteiger partial charge in [-0.1, -0.05) is 40.8 Å². The van der Waals surface area contributed by atoms with E-state index in [0.717, 1.165) is 48.5 Å². The van der Waals surface area contributed by atoms with Crippen molar-refractivity contribution < 1.29 is 13.9 Å². The van der Waals surface area contributed by atoms with E-state index >= 15 is 0 Å². The molecule has 0 saturated heterocycles. The van der Waals surface area contributed by atoms with Crippen LogP contribution in [0.2, 0.25) is 5.02 Å². The second kappa shape index (κ2) is 11.3. The maximum absolute atomic E-state index is 12.5. The van der Waals surface area contributed by atoms with E-state index in [2.05, 4.69) is 27.5 Å². The lowest BCUT2D eigenvalue weighted by Gasteiger charge is -2.38. The number of Topliss-reactive ketones (excluding diaryl/α,β-unsaturated/α-hetero) is 1. The van der Waals surface area contributed by atoms with E-state index in [4.69, 9.17) is 11.6 Å². The van der Waals surface area contributed by atoms with Gasteiger partial charge in [0.1, 0.15) is 0 Å². The van der Waals surface area contributed by atoms with Crippen molar-refractivity contribution in [2.45, 2.75) is 32.2 Å². The van der Waals surface area contributed by atoms with Gasteiger partial charge in [0.15, 0.2) is 5.78 Å². The summed E-state index contributed by atoms with van der Waals surface area (Å²) in [6.45, 7) is 2.19. The lowest BCUT2D eigenvalue weighted by molar-refractivity contribution is 0.0978. The maximum atomic E-state index is 12.5. The number of benzene rings is 2. The van der Waals surface area contributed by atoms with Crippen LogP contribution >= 0.6 is 35.0 Å². The number of halogens is 2. The van der Waals surface area contributed by atoms with Gasteiger partial charge in [0.25, 0.3) is 0 Å². The van der Waals surface area contributed by atoms with Crippen LogP contribution in [0.4, 0.5) is 5.69 Å². The molecule has 0 bridgehead atoms. The highest BCUT2D eigenvalue weighted by Gasteiger charge is 2.21. The zero-order valence-corrected chi connectivity index (χ0v) is 19.3. The molecule has 2 aromatic rings. The third-order valence-electron chi connectivity index (χ3n) is 5.06. The molecule has 1 heterocycles. The van der Waals surface area contributed by atoms with E-state index in [1.165, 1.54) is 0 Å². The van der Waals surface area contributed by atoms with Crippen LogP contribution in [0.5, 0.6) is 0 Å². The number of fused-ring (bicyclic) bond motifs is 1. The fourth-order valence-electron chi connectivity index (χ4n) is 3.32. The monoisotopic (exact) mass is 473 g/mol. The molecule has 0 unspecified atom stereocenters. The molecule has 30 heavy (non-hydrogen) atoms. The lowest BCUT2D eigenvalue weighted by Crippen LogP contribution is -2.30. The third kappa shape index (κ3) is 7.13. The lowest BCUT2D eigenvalue weighted by atomic mass is 10.0. The number of anilines is 1. The van der Waals surface area contributed by atoms with Gasteiger partial charge in [-0.2, -0.15) is 4.72 Å². The molecule has 0 amide bonds. The number of carbonyl (C=O) groups is 1. The Balaban J connectivity index is 0.00000320. The minimum absolute atomic E-state index is 0. The van der Waals surface area contributed by atoms with Crippen molar-refractivity contribution in [2.24, 2.45) is 0 Å². The molecule has 0 spiro atoms. The molecule has 6 nitrogen and oxygen atoms in total. The summed E-state index contributed by atoms with van der Waals surface area (Å²) in [6, 6.07) is 13.2. The van der Waals surface area contributed by atoms with E-state index in [9.17, 15) is 13.9 Å². The van der Waals surface area contributed by atoms with E-state index in [1.807, 2.05) is 24.3 Å². The molecular weight excluding hydrogens is 445 g/mol. The molecule has 0 aliphatic carbocycles. The second-order valence-electron chi connectivity index (χ2n) is 7.37. The quantitative estimate of drug-likeness (QED) is 0.288. The Hall–Kier alpha value is -1.32. The summed E-state index contributed by atoms with van der Waals surface area (Å²) in [7, 11) is -0.887. The van der Waals surface area contributed by atoms with Gasteiger partial charge in [-0.25, -0.2) is 0 Å². The summed E-state index contributed by atoms with van der Waals surface area (Å²) in [4.78, 5) is 14.8. The molecule has 3 rings (SSSR count). The van der Waals surface area contributed by atoms with E-state index < -0.39 is 11.0 Å². The Labute approximate surface area is 191 Å². The Bertz CT molecular complexity index is 867. The number of nitrogens with one attached hydrogen (secondary N) is 2. The molecule has 166 valence electrons. The summed E-state index contributed by atoms with van der Waals surface area (Å²) in [5, 5.41) is 0.812. The van der Waals surface area contributed by atoms with Crippen LogP contribution < -0.4 is 9.44 Å². The number of likely N-dealkylation sites (N-methyl/N-ethyl adjacent to an activating group) is 1. The number of hydrogen-bond donors (Lipinski definition) is 4. The van der Waals surface area contributed by atoms with Gasteiger partial charge in [0, 0.05) is 30.1 Å². The Kier molecular flexibility index (Phi) is 9.43. The standard InChI is InChI=1S/C21H28ClN3O3S.ClH/c1-25(13-11-16-6-2-3-7-19(16)22)12-5-4-8-21(26)17-9-10-20-18(14-17)15-23-29(27,28)24-20;/h2-3,6-7,9-10,14,23-24,27-28H,4-5,8,11-13,15H2,1H3;1H. The van der Waals surface area contributed by atoms with Crippen LogP contribution in [0.1, 0.15) is 40.7 Å². The highest BCUT2D eigenvalue weighted by molar-refractivity contribution is 8.23. The van der Waals surface area contributed by atoms with Gasteiger partial charge >= 0.3 is 0 Å². The maximum Gasteiger partial charge on any atom is 0.162 e. The van der Waals surface area contributed by atoms with Gasteiger partial charge in [-0.05, 0) is 68.2 Å². The predicted octanol–water partition coefficient (Wildman–Crippen LogP) is 5.39. The average molecular weight is 474 g/mol. The number of unbranched alkanes of at least 4 members (excludes halogenated alkanes) is 1. The summed E-state index contributed by atoms with van der Waals surface area (Å²) >= 11 is 6.20. The summed E-state index contributed by atoms with van der Waals surface area (Å²) in [5.74, 6) is 0.115. The Morgan fingerprint density at radius 3 is 2.70 bits per heavy atom. The van der Waals surface area contributed by atoms with Crippen LogP contribution in [-0.4, -0.2) is 39.9 Å². The molecule has 2 aromatic carbocycles. The SMILES string of the molecule is CN(CCCCC(=O)c1ccc2c(c1)CNS(O)(O)N2)CCc1ccccc1Cl.Cl. The van der Waals surface area contributed by atoms with Crippen molar-refractivity contribution in [3.63, 3.8) is 0 Å². The smallest absolute Gasteiger partial charge is 0.162 e. The number of rotatable bonds is 9. The first kappa shape index (κ1) is 24.9. The first-order valence-corrected chi connectivity index (χ1v) is 11.7. The Morgan fingerprint density at radius 2 is 1.93 bits per heavy atom. The van der Waals surface area contributed by atoms with E-state index in [0.29, 0.717) is 24.2 Å². The highest BCUT2D eigenvalue weighted by Crippen LogP contribution is 2.40.